The molecule has 20 heavy (non-hydrogen) atoms. The Balaban J connectivity index is 1.78. The van der Waals surface area contributed by atoms with Crippen molar-refractivity contribution in [3.05, 3.63) is 28.0 Å². The normalized spacial score (nSPS) is 15.8. The van der Waals surface area contributed by atoms with Crippen molar-refractivity contribution < 1.29 is 14.7 Å². The molecule has 0 radical (unpaired) electrons. The first kappa shape index (κ1) is 14.8. The lowest BCUT2D eigenvalue weighted by Gasteiger charge is -2.08. The lowest BCUT2D eigenvalue weighted by atomic mass is 10.0. The van der Waals surface area contributed by atoms with Crippen molar-refractivity contribution in [2.24, 2.45) is 5.92 Å². The summed E-state index contributed by atoms with van der Waals surface area (Å²) in [5, 5.41) is 11.5. The molecule has 4 nitrogen and oxygen atoms in total. The molecule has 0 atom stereocenters. The Bertz CT molecular complexity index is 501. The molecule has 0 bridgehead atoms. The van der Waals surface area contributed by atoms with Crippen LogP contribution in [0.5, 0.6) is 0 Å². The largest absolute Gasteiger partial charge is 0.478 e. The van der Waals surface area contributed by atoms with Crippen molar-refractivity contribution >= 4 is 29.3 Å². The summed E-state index contributed by atoms with van der Waals surface area (Å²) < 4.78 is 0. The predicted molar refractivity (Wildman–Crippen MR) is 79.9 cm³/mol. The highest BCUT2D eigenvalue weighted by atomic mass is 32.1. The monoisotopic (exact) mass is 293 g/mol. The second kappa shape index (κ2) is 7.24. The molecule has 1 aromatic rings. The molecule has 1 aliphatic rings. The smallest absolute Gasteiger partial charge is 0.328 e. The van der Waals surface area contributed by atoms with Gasteiger partial charge >= 0.3 is 5.97 Å². The molecule has 0 saturated heterocycles. The molecule has 2 rings (SSSR count). The van der Waals surface area contributed by atoms with Gasteiger partial charge in [0.05, 0.1) is 4.88 Å². The van der Waals surface area contributed by atoms with E-state index in [9.17, 15) is 9.59 Å². The maximum Gasteiger partial charge on any atom is 0.328 e. The summed E-state index contributed by atoms with van der Waals surface area (Å²) in [5.74, 6) is -0.281. The minimum atomic E-state index is -0.985. The van der Waals surface area contributed by atoms with Gasteiger partial charge in [-0.1, -0.05) is 25.7 Å². The van der Waals surface area contributed by atoms with Gasteiger partial charge < -0.3 is 10.4 Å². The highest BCUT2D eigenvalue weighted by molar-refractivity contribution is 7.14. The number of carbonyl (C=O) groups is 2. The van der Waals surface area contributed by atoms with E-state index in [1.165, 1.54) is 43.1 Å². The number of aliphatic carboxylic acids is 1. The summed E-state index contributed by atoms with van der Waals surface area (Å²) in [6.45, 7) is 0.724. The molecule has 0 unspecified atom stereocenters. The Morgan fingerprint density at radius 2 is 2.10 bits per heavy atom. The number of amides is 1. The summed E-state index contributed by atoms with van der Waals surface area (Å²) in [7, 11) is 0. The highest BCUT2D eigenvalue weighted by Gasteiger charge is 2.15. The van der Waals surface area contributed by atoms with Crippen LogP contribution in [0.4, 0.5) is 0 Å². The van der Waals surface area contributed by atoms with Crippen LogP contribution < -0.4 is 5.32 Å². The summed E-state index contributed by atoms with van der Waals surface area (Å²) in [6.07, 6.45) is 8.86. The van der Waals surface area contributed by atoms with Crippen LogP contribution in [0.25, 0.3) is 6.08 Å². The number of carboxylic acid groups (broad SMARTS) is 1. The van der Waals surface area contributed by atoms with Crippen LogP contribution in [-0.2, 0) is 4.79 Å². The summed E-state index contributed by atoms with van der Waals surface area (Å²) in [6, 6.07) is 3.49. The van der Waals surface area contributed by atoms with E-state index >= 15 is 0 Å². The van der Waals surface area contributed by atoms with Gasteiger partial charge in [0.2, 0.25) is 0 Å². The molecule has 1 saturated carbocycles. The lowest BCUT2D eigenvalue weighted by Crippen LogP contribution is -2.24. The van der Waals surface area contributed by atoms with Crippen molar-refractivity contribution in [3.8, 4) is 0 Å². The van der Waals surface area contributed by atoms with Gasteiger partial charge in [-0.05, 0) is 30.5 Å². The van der Waals surface area contributed by atoms with E-state index in [0.717, 1.165) is 29.8 Å². The van der Waals surface area contributed by atoms with Gasteiger partial charge in [-0.25, -0.2) is 4.79 Å². The first-order chi connectivity index (χ1) is 9.65. The fourth-order valence-corrected chi connectivity index (χ4v) is 3.32. The summed E-state index contributed by atoms with van der Waals surface area (Å²) in [5.41, 5.74) is 0. The van der Waals surface area contributed by atoms with E-state index in [2.05, 4.69) is 5.32 Å². The van der Waals surface area contributed by atoms with E-state index in [0.29, 0.717) is 4.88 Å². The van der Waals surface area contributed by atoms with Gasteiger partial charge in [-0.2, -0.15) is 0 Å². The highest BCUT2D eigenvalue weighted by Crippen LogP contribution is 2.27. The van der Waals surface area contributed by atoms with Gasteiger partial charge in [0, 0.05) is 17.5 Å². The second-order valence-electron chi connectivity index (χ2n) is 5.07. The summed E-state index contributed by atoms with van der Waals surface area (Å²) in [4.78, 5) is 23.7. The third-order valence-corrected chi connectivity index (χ3v) is 4.60. The van der Waals surface area contributed by atoms with Crippen LogP contribution in [0.1, 0.15) is 46.7 Å². The van der Waals surface area contributed by atoms with Crippen molar-refractivity contribution in [1.29, 1.82) is 0 Å². The SMILES string of the molecule is O=C(O)C=Cc1ccc(C(=O)NCCC2CCCC2)s1. The first-order valence-electron chi connectivity index (χ1n) is 6.94. The summed E-state index contributed by atoms with van der Waals surface area (Å²) >= 11 is 1.30. The zero-order chi connectivity index (χ0) is 14.4. The molecular weight excluding hydrogens is 274 g/mol. The van der Waals surface area contributed by atoms with Gasteiger partial charge in [0.25, 0.3) is 5.91 Å². The standard InChI is InChI=1S/C15H19NO3S/c17-14(18)8-6-12-5-7-13(20-12)15(19)16-10-9-11-3-1-2-4-11/h5-8,11H,1-4,9-10H2,(H,16,19)(H,17,18). The molecule has 1 aromatic heterocycles. The maximum absolute atomic E-state index is 11.9. The topological polar surface area (TPSA) is 66.4 Å². The third kappa shape index (κ3) is 4.49. The number of rotatable bonds is 6. The molecule has 1 aliphatic carbocycles. The van der Waals surface area contributed by atoms with Crippen LogP contribution in [0.15, 0.2) is 18.2 Å². The van der Waals surface area contributed by atoms with Crippen molar-refractivity contribution in [2.45, 2.75) is 32.1 Å². The van der Waals surface area contributed by atoms with Crippen LogP contribution in [0.2, 0.25) is 0 Å². The van der Waals surface area contributed by atoms with Crippen LogP contribution in [0, 0.1) is 5.92 Å². The molecule has 5 heteroatoms. The van der Waals surface area contributed by atoms with Gasteiger partial charge in [0.1, 0.15) is 0 Å². The number of hydrogen-bond donors (Lipinski definition) is 2. The molecule has 1 heterocycles. The zero-order valence-corrected chi connectivity index (χ0v) is 12.1. The van der Waals surface area contributed by atoms with E-state index in [4.69, 9.17) is 5.11 Å². The Labute approximate surface area is 122 Å². The maximum atomic E-state index is 11.9. The second-order valence-corrected chi connectivity index (χ2v) is 6.18. The lowest BCUT2D eigenvalue weighted by molar-refractivity contribution is -0.131. The first-order valence-corrected chi connectivity index (χ1v) is 7.76. The Hall–Kier alpha value is -1.62. The minimum absolute atomic E-state index is 0.0667. The average Bonchev–Trinajstić information content (AvgIpc) is 3.07. The van der Waals surface area contributed by atoms with Crippen LogP contribution >= 0.6 is 11.3 Å². The molecule has 1 amide bonds. The number of carboxylic acids is 1. The van der Waals surface area contributed by atoms with Crippen molar-refractivity contribution in [2.75, 3.05) is 6.54 Å². The fourth-order valence-electron chi connectivity index (χ4n) is 2.49. The molecular formula is C15H19NO3S. The Kier molecular flexibility index (Phi) is 5.35. The van der Waals surface area contributed by atoms with Crippen LogP contribution in [0.3, 0.4) is 0 Å². The molecule has 0 aliphatic heterocycles. The number of carbonyl (C=O) groups excluding carboxylic acids is 1. The van der Waals surface area contributed by atoms with E-state index in [-0.39, 0.29) is 5.91 Å². The third-order valence-electron chi connectivity index (χ3n) is 3.55. The van der Waals surface area contributed by atoms with Gasteiger partial charge in [0.15, 0.2) is 0 Å². The van der Waals surface area contributed by atoms with Gasteiger partial charge in [-0.3, -0.25) is 4.79 Å². The molecule has 0 spiro atoms. The minimum Gasteiger partial charge on any atom is -0.478 e. The van der Waals surface area contributed by atoms with E-state index < -0.39 is 5.97 Å². The number of thiophene rings is 1. The average molecular weight is 293 g/mol. The van der Waals surface area contributed by atoms with Crippen LogP contribution in [-0.4, -0.2) is 23.5 Å². The van der Waals surface area contributed by atoms with Gasteiger partial charge in [-0.15, -0.1) is 11.3 Å². The molecule has 0 aromatic carbocycles. The molecule has 108 valence electrons. The quantitative estimate of drug-likeness (QED) is 0.792. The number of nitrogens with one attached hydrogen (secondary N) is 1. The zero-order valence-electron chi connectivity index (χ0n) is 11.3. The Morgan fingerprint density at radius 1 is 1.35 bits per heavy atom. The predicted octanol–water partition coefficient (Wildman–Crippen LogP) is 3.16. The molecule has 2 N–H and O–H groups in total. The van der Waals surface area contributed by atoms with Crippen molar-refractivity contribution in [3.63, 3.8) is 0 Å². The van der Waals surface area contributed by atoms with E-state index in [1.807, 2.05) is 0 Å². The Morgan fingerprint density at radius 3 is 2.80 bits per heavy atom. The fraction of sp³-hybridized carbons (Fsp3) is 0.467. The van der Waals surface area contributed by atoms with Crippen molar-refractivity contribution in [1.82, 2.24) is 5.32 Å². The molecule has 1 fully saturated rings. The number of hydrogen-bond acceptors (Lipinski definition) is 3. The van der Waals surface area contributed by atoms with E-state index in [1.54, 1.807) is 12.1 Å².